The Hall–Kier alpha value is -1.37. The Morgan fingerprint density at radius 2 is 1.90 bits per heavy atom. The molecule has 2 bridgehead atoms. The fourth-order valence-electron chi connectivity index (χ4n) is 4.63. The van der Waals surface area contributed by atoms with Crippen molar-refractivity contribution < 1.29 is 9.59 Å². The molecule has 0 heterocycles. The van der Waals surface area contributed by atoms with Crippen molar-refractivity contribution in [3.05, 3.63) is 0 Å². The van der Waals surface area contributed by atoms with E-state index < -0.39 is 5.92 Å². The lowest BCUT2D eigenvalue weighted by atomic mass is 9.83. The average Bonchev–Trinajstić information content (AvgIpc) is 3.16. The Bertz CT molecular complexity index is 462. The van der Waals surface area contributed by atoms with Crippen LogP contribution in [0, 0.1) is 35.0 Å². The Kier molecular flexibility index (Phi) is 4.28. The standard InChI is InChI=1S/C17H24N2O2/c18-10-15(17(21)19-14-3-1-2-4-14)16(20)9-13-8-11-5-6-12(13)7-11/h11-15H,1-9H2,(H,19,21)/t11-,12-,13-,15-/m0/s1. The number of carbonyl (C=O) groups excluding carboxylic acids is 2. The summed E-state index contributed by atoms with van der Waals surface area (Å²) in [5.41, 5.74) is 0. The molecule has 0 aromatic carbocycles. The Morgan fingerprint density at radius 3 is 2.48 bits per heavy atom. The SMILES string of the molecule is N#C[C@@H](C(=O)C[C@@H]1C[C@H]2CC[C@H]1C2)C(=O)NC1CCCC1. The summed E-state index contributed by atoms with van der Waals surface area (Å²) >= 11 is 0. The van der Waals surface area contributed by atoms with Gasteiger partial charge in [-0.25, -0.2) is 0 Å². The lowest BCUT2D eigenvalue weighted by Crippen LogP contribution is -2.40. The molecule has 3 aliphatic rings. The fraction of sp³-hybridized carbons (Fsp3) is 0.824. The summed E-state index contributed by atoms with van der Waals surface area (Å²) < 4.78 is 0. The van der Waals surface area contributed by atoms with E-state index in [1.54, 1.807) is 0 Å². The number of hydrogen-bond acceptors (Lipinski definition) is 3. The van der Waals surface area contributed by atoms with E-state index in [2.05, 4.69) is 5.32 Å². The minimum atomic E-state index is -1.09. The predicted octanol–water partition coefficient (Wildman–Crippen LogP) is 2.58. The molecule has 3 aliphatic carbocycles. The van der Waals surface area contributed by atoms with E-state index in [4.69, 9.17) is 0 Å². The number of hydrogen-bond donors (Lipinski definition) is 1. The molecular weight excluding hydrogens is 264 g/mol. The molecule has 1 amide bonds. The molecule has 1 N–H and O–H groups in total. The maximum absolute atomic E-state index is 12.3. The summed E-state index contributed by atoms with van der Waals surface area (Å²) in [6, 6.07) is 2.10. The molecule has 0 spiro atoms. The second-order valence-corrected chi connectivity index (χ2v) is 7.16. The number of nitrogens with one attached hydrogen (secondary N) is 1. The van der Waals surface area contributed by atoms with Gasteiger partial charge in [-0.15, -0.1) is 0 Å². The lowest BCUT2D eigenvalue weighted by Gasteiger charge is -2.22. The quantitative estimate of drug-likeness (QED) is 0.790. The van der Waals surface area contributed by atoms with Gasteiger partial charge in [-0.05, 0) is 49.9 Å². The molecule has 0 aromatic rings. The van der Waals surface area contributed by atoms with Crippen molar-refractivity contribution in [2.75, 3.05) is 0 Å². The molecule has 114 valence electrons. The van der Waals surface area contributed by atoms with Crippen LogP contribution in [0.15, 0.2) is 0 Å². The summed E-state index contributed by atoms with van der Waals surface area (Å²) in [5.74, 6) is 0.260. The van der Waals surface area contributed by atoms with Crippen LogP contribution in [0.4, 0.5) is 0 Å². The normalized spacial score (nSPS) is 32.8. The average molecular weight is 288 g/mol. The zero-order chi connectivity index (χ0) is 14.8. The third-order valence-electron chi connectivity index (χ3n) is 5.76. The summed E-state index contributed by atoms with van der Waals surface area (Å²) in [6.07, 6.45) is 9.55. The molecule has 4 atom stereocenters. The van der Waals surface area contributed by atoms with Gasteiger partial charge >= 0.3 is 0 Å². The van der Waals surface area contributed by atoms with E-state index >= 15 is 0 Å². The number of amides is 1. The molecule has 0 saturated heterocycles. The highest BCUT2D eigenvalue weighted by atomic mass is 16.2. The van der Waals surface area contributed by atoms with Crippen LogP contribution in [0.2, 0.25) is 0 Å². The van der Waals surface area contributed by atoms with Crippen LogP contribution in [0.1, 0.15) is 57.8 Å². The van der Waals surface area contributed by atoms with Gasteiger partial charge in [-0.1, -0.05) is 19.3 Å². The molecule has 21 heavy (non-hydrogen) atoms. The largest absolute Gasteiger partial charge is 0.352 e. The van der Waals surface area contributed by atoms with Crippen molar-refractivity contribution in [3.63, 3.8) is 0 Å². The number of Topliss-reactive ketones (excluding diaryl/α,β-unsaturated/α-hetero) is 1. The van der Waals surface area contributed by atoms with Gasteiger partial charge in [0.25, 0.3) is 0 Å². The van der Waals surface area contributed by atoms with Gasteiger partial charge in [0.1, 0.15) is 0 Å². The maximum atomic E-state index is 12.3. The molecule has 3 fully saturated rings. The monoisotopic (exact) mass is 288 g/mol. The second kappa shape index (κ2) is 6.17. The smallest absolute Gasteiger partial charge is 0.245 e. The Balaban J connectivity index is 1.53. The van der Waals surface area contributed by atoms with E-state index in [-0.39, 0.29) is 17.7 Å². The van der Waals surface area contributed by atoms with Crippen LogP contribution in [-0.2, 0) is 9.59 Å². The van der Waals surface area contributed by atoms with Crippen molar-refractivity contribution in [1.29, 1.82) is 5.26 Å². The Morgan fingerprint density at radius 1 is 1.14 bits per heavy atom. The number of carbonyl (C=O) groups is 2. The van der Waals surface area contributed by atoms with Gasteiger partial charge in [-0.3, -0.25) is 9.59 Å². The van der Waals surface area contributed by atoms with Crippen molar-refractivity contribution in [3.8, 4) is 6.07 Å². The van der Waals surface area contributed by atoms with Gasteiger partial charge < -0.3 is 5.32 Å². The van der Waals surface area contributed by atoms with Crippen molar-refractivity contribution in [1.82, 2.24) is 5.32 Å². The molecular formula is C17H24N2O2. The summed E-state index contributed by atoms with van der Waals surface area (Å²) in [6.45, 7) is 0. The summed E-state index contributed by atoms with van der Waals surface area (Å²) in [5, 5.41) is 12.1. The third-order valence-corrected chi connectivity index (χ3v) is 5.76. The van der Waals surface area contributed by atoms with E-state index in [0.29, 0.717) is 18.3 Å². The van der Waals surface area contributed by atoms with Crippen molar-refractivity contribution >= 4 is 11.7 Å². The highest BCUT2D eigenvalue weighted by Gasteiger charge is 2.41. The molecule has 3 saturated carbocycles. The molecule has 3 rings (SSSR count). The summed E-state index contributed by atoms with van der Waals surface area (Å²) in [4.78, 5) is 24.5. The number of nitriles is 1. The van der Waals surface area contributed by atoms with Gasteiger partial charge in [0.05, 0.1) is 6.07 Å². The highest BCUT2D eigenvalue weighted by Crippen LogP contribution is 2.49. The van der Waals surface area contributed by atoms with E-state index in [0.717, 1.165) is 38.0 Å². The first-order valence-electron chi connectivity index (χ1n) is 8.40. The first-order chi connectivity index (χ1) is 10.2. The number of fused-ring (bicyclic) bond motifs is 2. The molecule has 0 unspecified atom stereocenters. The number of rotatable bonds is 5. The number of ketones is 1. The molecule has 4 nitrogen and oxygen atoms in total. The first kappa shape index (κ1) is 14.6. The van der Waals surface area contributed by atoms with E-state index in [1.807, 2.05) is 6.07 Å². The third kappa shape index (κ3) is 3.12. The molecule has 0 aromatic heterocycles. The zero-order valence-corrected chi connectivity index (χ0v) is 12.5. The molecule has 4 heteroatoms. The molecule has 0 aliphatic heterocycles. The van der Waals surface area contributed by atoms with Crippen LogP contribution < -0.4 is 5.32 Å². The van der Waals surface area contributed by atoms with Crippen molar-refractivity contribution in [2.24, 2.45) is 23.7 Å². The van der Waals surface area contributed by atoms with Crippen LogP contribution in [-0.4, -0.2) is 17.7 Å². The molecule has 0 radical (unpaired) electrons. The zero-order valence-electron chi connectivity index (χ0n) is 12.5. The van der Waals surface area contributed by atoms with Crippen molar-refractivity contribution in [2.45, 2.75) is 63.8 Å². The second-order valence-electron chi connectivity index (χ2n) is 7.16. The van der Waals surface area contributed by atoms with E-state index in [1.165, 1.54) is 19.3 Å². The van der Waals surface area contributed by atoms with Crippen LogP contribution in [0.25, 0.3) is 0 Å². The van der Waals surface area contributed by atoms with Gasteiger partial charge in [-0.2, -0.15) is 5.26 Å². The first-order valence-corrected chi connectivity index (χ1v) is 8.40. The van der Waals surface area contributed by atoms with Gasteiger partial charge in [0.2, 0.25) is 5.91 Å². The Labute approximate surface area is 126 Å². The minimum Gasteiger partial charge on any atom is -0.352 e. The van der Waals surface area contributed by atoms with Crippen LogP contribution >= 0.6 is 0 Å². The predicted molar refractivity (Wildman–Crippen MR) is 78.1 cm³/mol. The van der Waals surface area contributed by atoms with E-state index in [9.17, 15) is 14.9 Å². The fourth-order valence-corrected chi connectivity index (χ4v) is 4.63. The van der Waals surface area contributed by atoms with Gasteiger partial charge in [0, 0.05) is 12.5 Å². The van der Waals surface area contributed by atoms with Crippen LogP contribution in [0.5, 0.6) is 0 Å². The lowest BCUT2D eigenvalue weighted by molar-refractivity contribution is -0.132. The number of nitrogens with zero attached hydrogens (tertiary/aromatic N) is 1. The van der Waals surface area contributed by atoms with Crippen LogP contribution in [0.3, 0.4) is 0 Å². The van der Waals surface area contributed by atoms with Gasteiger partial charge in [0.15, 0.2) is 11.7 Å². The maximum Gasteiger partial charge on any atom is 0.245 e. The minimum absolute atomic E-state index is 0.162. The highest BCUT2D eigenvalue weighted by molar-refractivity contribution is 6.04. The summed E-state index contributed by atoms with van der Waals surface area (Å²) in [7, 11) is 0. The topological polar surface area (TPSA) is 70.0 Å².